The Morgan fingerprint density at radius 3 is 2.88 bits per heavy atom. The van der Waals surface area contributed by atoms with Gasteiger partial charge in [0.05, 0.1) is 0 Å². The summed E-state index contributed by atoms with van der Waals surface area (Å²) in [6.07, 6.45) is 8.60. The Bertz CT molecular complexity index is 386. The average Bonchev–Trinajstić information content (AvgIpc) is 2.29. The number of nitrogens with two attached hydrogens (primary N) is 1. The topological polar surface area (TPSA) is 38.9 Å². The van der Waals surface area contributed by atoms with Crippen LogP contribution in [0.4, 0.5) is 0 Å². The minimum atomic E-state index is -0.147. The highest BCUT2D eigenvalue weighted by Crippen LogP contribution is 2.41. The first kappa shape index (κ1) is 12.6. The zero-order valence-electron chi connectivity index (χ0n) is 11.2. The maximum Gasteiger partial charge on any atom is 0.0430 e. The Balaban J connectivity index is 2.27. The van der Waals surface area contributed by atoms with Crippen molar-refractivity contribution < 1.29 is 0 Å². The van der Waals surface area contributed by atoms with Crippen LogP contribution >= 0.6 is 0 Å². The van der Waals surface area contributed by atoms with Crippen molar-refractivity contribution in [2.45, 2.75) is 52.0 Å². The summed E-state index contributed by atoms with van der Waals surface area (Å²) in [6.45, 7) is 6.77. The molecule has 1 aromatic rings. The van der Waals surface area contributed by atoms with Crippen molar-refractivity contribution in [3.05, 3.63) is 29.6 Å². The van der Waals surface area contributed by atoms with E-state index in [0.29, 0.717) is 0 Å². The molecule has 2 rings (SSSR count). The van der Waals surface area contributed by atoms with Gasteiger partial charge in [0, 0.05) is 17.9 Å². The molecule has 1 aromatic heterocycles. The van der Waals surface area contributed by atoms with Crippen molar-refractivity contribution in [2.24, 2.45) is 17.6 Å². The molecule has 94 valence electrons. The van der Waals surface area contributed by atoms with Crippen molar-refractivity contribution >= 4 is 0 Å². The number of hydrogen-bond donors (Lipinski definition) is 1. The van der Waals surface area contributed by atoms with Gasteiger partial charge >= 0.3 is 0 Å². The Morgan fingerprint density at radius 2 is 2.24 bits per heavy atom. The van der Waals surface area contributed by atoms with Gasteiger partial charge in [-0.25, -0.2) is 0 Å². The second kappa shape index (κ2) is 4.77. The number of hydrogen-bond acceptors (Lipinski definition) is 2. The zero-order valence-corrected chi connectivity index (χ0v) is 11.2. The summed E-state index contributed by atoms with van der Waals surface area (Å²) >= 11 is 0. The van der Waals surface area contributed by atoms with Gasteiger partial charge in [-0.15, -0.1) is 0 Å². The lowest BCUT2D eigenvalue weighted by Gasteiger charge is -2.40. The van der Waals surface area contributed by atoms with E-state index in [9.17, 15) is 0 Å². The highest BCUT2D eigenvalue weighted by atomic mass is 14.8. The molecule has 0 bridgehead atoms. The predicted octanol–water partition coefficient (Wildman–Crippen LogP) is 3.39. The molecule has 2 N–H and O–H groups in total. The Kier molecular flexibility index (Phi) is 3.53. The maximum absolute atomic E-state index is 6.67. The highest BCUT2D eigenvalue weighted by Gasteiger charge is 2.36. The standard InChI is InChI=1S/C15H24N2/c1-11(2)13-5-4-7-15(16,9-13)14-10-17-8-6-12(14)3/h6,8,10-11,13H,4-5,7,9,16H2,1-3H3. The summed E-state index contributed by atoms with van der Waals surface area (Å²) in [6, 6.07) is 2.07. The fraction of sp³-hybridized carbons (Fsp3) is 0.667. The van der Waals surface area contributed by atoms with Crippen molar-refractivity contribution in [2.75, 3.05) is 0 Å². The van der Waals surface area contributed by atoms with Crippen molar-refractivity contribution in [1.82, 2.24) is 4.98 Å². The molecule has 2 nitrogen and oxygen atoms in total. The van der Waals surface area contributed by atoms with Crippen LogP contribution in [0.1, 0.15) is 50.7 Å². The smallest absolute Gasteiger partial charge is 0.0430 e. The Labute approximate surface area is 105 Å². The van der Waals surface area contributed by atoms with Gasteiger partial charge in [-0.2, -0.15) is 0 Å². The second-order valence-electron chi connectivity index (χ2n) is 5.95. The number of aromatic nitrogens is 1. The van der Waals surface area contributed by atoms with Gasteiger partial charge in [0.1, 0.15) is 0 Å². The zero-order chi connectivity index (χ0) is 12.5. The lowest BCUT2D eigenvalue weighted by atomic mass is 9.69. The molecule has 2 heteroatoms. The largest absolute Gasteiger partial charge is 0.321 e. The third-order valence-electron chi connectivity index (χ3n) is 4.34. The van der Waals surface area contributed by atoms with E-state index in [1.807, 2.05) is 12.4 Å². The molecule has 1 heterocycles. The van der Waals surface area contributed by atoms with Crippen LogP contribution in [0.15, 0.2) is 18.5 Å². The van der Waals surface area contributed by atoms with Crippen LogP contribution < -0.4 is 5.73 Å². The molecule has 0 amide bonds. The average molecular weight is 232 g/mol. The molecular weight excluding hydrogens is 208 g/mol. The van der Waals surface area contributed by atoms with Crippen LogP contribution in [0.5, 0.6) is 0 Å². The van der Waals surface area contributed by atoms with Crippen LogP contribution in [0.2, 0.25) is 0 Å². The van der Waals surface area contributed by atoms with Crippen LogP contribution in [0.3, 0.4) is 0 Å². The van der Waals surface area contributed by atoms with Gasteiger partial charge in [0.25, 0.3) is 0 Å². The maximum atomic E-state index is 6.67. The van der Waals surface area contributed by atoms with Crippen LogP contribution in [0, 0.1) is 18.8 Å². The minimum Gasteiger partial charge on any atom is -0.321 e. The quantitative estimate of drug-likeness (QED) is 0.849. The lowest BCUT2D eigenvalue weighted by molar-refractivity contribution is 0.183. The minimum absolute atomic E-state index is 0.147. The summed E-state index contributed by atoms with van der Waals surface area (Å²) in [5, 5.41) is 0. The second-order valence-corrected chi connectivity index (χ2v) is 5.95. The molecule has 2 unspecified atom stereocenters. The SMILES string of the molecule is Cc1ccncc1C1(N)CCCC(C(C)C)C1. The van der Waals surface area contributed by atoms with E-state index in [2.05, 4.69) is 31.8 Å². The monoisotopic (exact) mass is 232 g/mol. The van der Waals surface area contributed by atoms with Crippen LogP contribution in [0.25, 0.3) is 0 Å². The first-order valence-corrected chi connectivity index (χ1v) is 6.73. The van der Waals surface area contributed by atoms with E-state index < -0.39 is 0 Å². The number of nitrogens with zero attached hydrogens (tertiary/aromatic N) is 1. The van der Waals surface area contributed by atoms with E-state index in [-0.39, 0.29) is 5.54 Å². The molecule has 1 fully saturated rings. The molecule has 0 spiro atoms. The molecule has 2 atom stereocenters. The van der Waals surface area contributed by atoms with Gasteiger partial charge in [0.15, 0.2) is 0 Å². The van der Waals surface area contributed by atoms with E-state index in [0.717, 1.165) is 24.7 Å². The number of aryl methyl sites for hydroxylation is 1. The highest BCUT2D eigenvalue weighted by molar-refractivity contribution is 5.30. The fourth-order valence-electron chi connectivity index (χ4n) is 3.15. The summed E-state index contributed by atoms with van der Waals surface area (Å²) in [7, 11) is 0. The lowest BCUT2D eigenvalue weighted by Crippen LogP contribution is -2.43. The molecule has 1 aliphatic rings. The molecule has 0 radical (unpaired) electrons. The van der Waals surface area contributed by atoms with Crippen molar-refractivity contribution in [3.63, 3.8) is 0 Å². The molecule has 0 saturated heterocycles. The van der Waals surface area contributed by atoms with E-state index in [1.54, 1.807) is 0 Å². The summed E-state index contributed by atoms with van der Waals surface area (Å²) in [5.74, 6) is 1.49. The van der Waals surface area contributed by atoms with Gasteiger partial charge in [-0.05, 0) is 48.8 Å². The third kappa shape index (κ3) is 2.52. The van der Waals surface area contributed by atoms with Crippen LogP contribution in [-0.4, -0.2) is 4.98 Å². The molecule has 1 saturated carbocycles. The molecule has 0 aromatic carbocycles. The molecular formula is C15H24N2. The van der Waals surface area contributed by atoms with E-state index >= 15 is 0 Å². The number of rotatable bonds is 2. The van der Waals surface area contributed by atoms with Crippen LogP contribution in [-0.2, 0) is 5.54 Å². The Morgan fingerprint density at radius 1 is 1.47 bits per heavy atom. The summed E-state index contributed by atoms with van der Waals surface area (Å²) < 4.78 is 0. The van der Waals surface area contributed by atoms with E-state index in [4.69, 9.17) is 5.73 Å². The van der Waals surface area contributed by atoms with Gasteiger partial charge in [-0.3, -0.25) is 4.98 Å². The third-order valence-corrected chi connectivity index (χ3v) is 4.34. The van der Waals surface area contributed by atoms with Crippen molar-refractivity contribution in [1.29, 1.82) is 0 Å². The molecule has 0 aliphatic heterocycles. The van der Waals surface area contributed by atoms with Gasteiger partial charge in [0.2, 0.25) is 0 Å². The first-order chi connectivity index (χ1) is 8.03. The van der Waals surface area contributed by atoms with Gasteiger partial charge < -0.3 is 5.73 Å². The van der Waals surface area contributed by atoms with Gasteiger partial charge in [-0.1, -0.05) is 26.7 Å². The summed E-state index contributed by atoms with van der Waals surface area (Å²) in [5.41, 5.74) is 9.06. The van der Waals surface area contributed by atoms with Crippen molar-refractivity contribution in [3.8, 4) is 0 Å². The van der Waals surface area contributed by atoms with E-state index in [1.165, 1.54) is 24.0 Å². The normalized spacial score (nSPS) is 29.6. The molecule has 17 heavy (non-hydrogen) atoms. The molecule has 1 aliphatic carbocycles. The fourth-order valence-corrected chi connectivity index (χ4v) is 3.15. The Hall–Kier alpha value is -0.890. The summed E-state index contributed by atoms with van der Waals surface area (Å²) in [4.78, 5) is 4.26. The predicted molar refractivity (Wildman–Crippen MR) is 71.6 cm³/mol. The first-order valence-electron chi connectivity index (χ1n) is 6.73. The number of pyridine rings is 1.